The minimum absolute atomic E-state index is 0. The van der Waals surface area contributed by atoms with E-state index in [1.807, 2.05) is 0 Å². The van der Waals surface area contributed by atoms with E-state index in [-0.39, 0.29) is 56.4 Å². The Labute approximate surface area is 146 Å². The summed E-state index contributed by atoms with van der Waals surface area (Å²) in [4.78, 5) is 0. The Morgan fingerprint density at radius 3 is 2.41 bits per heavy atom. The summed E-state index contributed by atoms with van der Waals surface area (Å²) in [7, 11) is 0. The number of rotatable bonds is 4. The van der Waals surface area contributed by atoms with Gasteiger partial charge >= 0.3 is 58.4 Å². The van der Waals surface area contributed by atoms with Gasteiger partial charge < -0.3 is 17.7 Å². The van der Waals surface area contributed by atoms with Crippen LogP contribution in [0.15, 0.2) is 18.2 Å². The van der Waals surface area contributed by atoms with Crippen LogP contribution in [0.2, 0.25) is 5.02 Å². The molecule has 0 unspecified atom stereocenters. The van der Waals surface area contributed by atoms with E-state index in [0.29, 0.717) is 18.3 Å². The Morgan fingerprint density at radius 2 is 1.94 bits per heavy atom. The molecule has 0 aliphatic heterocycles. The predicted octanol–water partition coefficient (Wildman–Crippen LogP) is 0.187. The third-order valence-corrected chi connectivity index (χ3v) is 2.83. The van der Waals surface area contributed by atoms with Crippen LogP contribution in [-0.4, -0.2) is 13.6 Å². The second-order valence-electron chi connectivity index (χ2n) is 4.01. The molecule has 1 saturated carbocycles. The Bertz CT molecular complexity index is 396. The SMILES string of the molecule is F[B-](F)(F)c1ccc(OCC2CC2)cc1Cl.[K+]. The van der Waals surface area contributed by atoms with Crippen LogP contribution in [0.3, 0.4) is 0 Å². The van der Waals surface area contributed by atoms with E-state index in [2.05, 4.69) is 0 Å². The van der Waals surface area contributed by atoms with Crippen molar-refractivity contribution < 1.29 is 69.1 Å². The third kappa shape index (κ3) is 4.76. The molecule has 7 heteroatoms. The van der Waals surface area contributed by atoms with Crippen molar-refractivity contribution in [3.05, 3.63) is 23.2 Å². The van der Waals surface area contributed by atoms with Gasteiger partial charge in [0.2, 0.25) is 0 Å². The minimum Gasteiger partial charge on any atom is -0.493 e. The first-order chi connectivity index (χ1) is 7.47. The van der Waals surface area contributed by atoms with Gasteiger partial charge in [0.1, 0.15) is 5.75 Å². The fourth-order valence-electron chi connectivity index (χ4n) is 1.36. The molecule has 0 saturated heterocycles. The molecule has 0 spiro atoms. The molecule has 1 fully saturated rings. The van der Waals surface area contributed by atoms with Gasteiger partial charge in [-0.15, -0.1) is 0 Å². The molecule has 1 aliphatic carbocycles. The van der Waals surface area contributed by atoms with Gasteiger partial charge in [-0.25, -0.2) is 0 Å². The monoisotopic (exact) mass is 288 g/mol. The zero-order valence-corrected chi connectivity index (χ0v) is 13.3. The molecule has 1 aromatic rings. The van der Waals surface area contributed by atoms with Crippen molar-refractivity contribution in [3.63, 3.8) is 0 Å². The van der Waals surface area contributed by atoms with Gasteiger partial charge in [0.05, 0.1) is 6.61 Å². The molecule has 0 heterocycles. The van der Waals surface area contributed by atoms with Crippen LogP contribution in [0.5, 0.6) is 5.75 Å². The second-order valence-corrected chi connectivity index (χ2v) is 4.42. The maximum atomic E-state index is 12.4. The first kappa shape index (κ1) is 15.9. The maximum absolute atomic E-state index is 12.4. The molecular weight excluding hydrogens is 278 g/mol. The predicted molar refractivity (Wildman–Crippen MR) is 58.4 cm³/mol. The molecule has 0 radical (unpaired) electrons. The Hall–Kier alpha value is 0.801. The van der Waals surface area contributed by atoms with E-state index in [1.165, 1.54) is 12.1 Å². The molecule has 1 nitrogen and oxygen atoms in total. The van der Waals surface area contributed by atoms with Crippen LogP contribution in [0.4, 0.5) is 12.9 Å². The number of benzene rings is 1. The summed E-state index contributed by atoms with van der Waals surface area (Å²) >= 11 is 5.56. The van der Waals surface area contributed by atoms with Gasteiger partial charge in [0, 0.05) is 5.02 Å². The van der Waals surface area contributed by atoms with Crippen molar-refractivity contribution in [1.29, 1.82) is 0 Å². The maximum Gasteiger partial charge on any atom is 1.00 e. The van der Waals surface area contributed by atoms with Crippen LogP contribution < -0.4 is 61.6 Å². The molecule has 2 rings (SSSR count). The van der Waals surface area contributed by atoms with Crippen LogP contribution in [-0.2, 0) is 0 Å². The molecule has 0 amide bonds. The Balaban J connectivity index is 0.00000144. The number of hydrogen-bond acceptors (Lipinski definition) is 1. The molecule has 17 heavy (non-hydrogen) atoms. The van der Waals surface area contributed by atoms with E-state index in [1.54, 1.807) is 0 Å². The van der Waals surface area contributed by atoms with E-state index in [4.69, 9.17) is 16.3 Å². The summed E-state index contributed by atoms with van der Waals surface area (Å²) < 4.78 is 42.7. The summed E-state index contributed by atoms with van der Waals surface area (Å²) in [5, 5.41) is -0.291. The fourth-order valence-corrected chi connectivity index (χ4v) is 1.66. The largest absolute Gasteiger partial charge is 1.00 e. The van der Waals surface area contributed by atoms with E-state index >= 15 is 0 Å². The van der Waals surface area contributed by atoms with Crippen LogP contribution in [0.25, 0.3) is 0 Å². The van der Waals surface area contributed by atoms with E-state index in [0.717, 1.165) is 18.9 Å². The van der Waals surface area contributed by atoms with Gasteiger partial charge in [0.15, 0.2) is 0 Å². The molecular formula is C10H10BClF3KO. The van der Waals surface area contributed by atoms with Gasteiger partial charge in [-0.05, 0) is 30.9 Å². The van der Waals surface area contributed by atoms with Crippen molar-refractivity contribution in [1.82, 2.24) is 0 Å². The van der Waals surface area contributed by atoms with Crippen molar-refractivity contribution in [3.8, 4) is 5.75 Å². The summed E-state index contributed by atoms with van der Waals surface area (Å²) in [6.45, 7) is -4.48. The Morgan fingerprint density at radius 1 is 1.29 bits per heavy atom. The first-order valence-corrected chi connectivity index (χ1v) is 5.47. The summed E-state index contributed by atoms with van der Waals surface area (Å²) in [5.74, 6) is 0.964. The van der Waals surface area contributed by atoms with Gasteiger partial charge in [-0.1, -0.05) is 23.1 Å². The quantitative estimate of drug-likeness (QED) is 0.719. The van der Waals surface area contributed by atoms with Crippen LogP contribution in [0, 0.1) is 5.92 Å². The molecule has 0 aromatic heterocycles. The smallest absolute Gasteiger partial charge is 0.493 e. The normalized spacial score (nSPS) is 15.3. The molecule has 0 atom stereocenters. The molecule has 1 aromatic carbocycles. The first-order valence-electron chi connectivity index (χ1n) is 5.09. The minimum atomic E-state index is -5.05. The fraction of sp³-hybridized carbons (Fsp3) is 0.400. The molecule has 0 bridgehead atoms. The molecule has 0 N–H and O–H groups in total. The summed E-state index contributed by atoms with van der Waals surface area (Å²) in [6, 6.07) is 3.53. The third-order valence-electron chi connectivity index (χ3n) is 2.51. The van der Waals surface area contributed by atoms with Crippen molar-refractivity contribution >= 4 is 24.0 Å². The number of halogens is 4. The van der Waals surface area contributed by atoms with Crippen molar-refractivity contribution in [2.24, 2.45) is 5.92 Å². The van der Waals surface area contributed by atoms with Crippen LogP contribution >= 0.6 is 11.6 Å². The average molecular weight is 289 g/mol. The second kappa shape index (κ2) is 6.30. The zero-order chi connectivity index (χ0) is 11.8. The van der Waals surface area contributed by atoms with Crippen LogP contribution in [0.1, 0.15) is 12.8 Å². The number of ether oxygens (including phenoxy) is 1. The van der Waals surface area contributed by atoms with Gasteiger partial charge in [0.25, 0.3) is 0 Å². The van der Waals surface area contributed by atoms with E-state index in [9.17, 15) is 12.9 Å². The number of hydrogen-bond donors (Lipinski definition) is 0. The summed E-state index contributed by atoms with van der Waals surface area (Å²) in [6.07, 6.45) is 2.27. The zero-order valence-electron chi connectivity index (χ0n) is 9.43. The van der Waals surface area contributed by atoms with E-state index < -0.39 is 12.4 Å². The standard InChI is InChI=1S/C10H10BClF3O.K/c12-10-5-8(16-6-7-1-2-7)3-4-9(10)11(13,14)15;/h3-5,7H,1-2,6H2;/q-1;+1. The molecule has 1 aliphatic rings. The average Bonchev–Trinajstić information content (AvgIpc) is 2.96. The van der Waals surface area contributed by atoms with Gasteiger partial charge in [-0.3, -0.25) is 0 Å². The van der Waals surface area contributed by atoms with Crippen molar-refractivity contribution in [2.75, 3.05) is 6.61 Å². The Kier molecular flexibility index (Phi) is 5.88. The molecule has 88 valence electrons. The topological polar surface area (TPSA) is 9.23 Å². The van der Waals surface area contributed by atoms with Gasteiger partial charge in [-0.2, -0.15) is 0 Å². The summed E-state index contributed by atoms with van der Waals surface area (Å²) in [5.41, 5.74) is -0.763. The van der Waals surface area contributed by atoms with Crippen molar-refractivity contribution in [2.45, 2.75) is 12.8 Å².